The van der Waals surface area contributed by atoms with E-state index in [0.29, 0.717) is 24.3 Å². The fourth-order valence-corrected chi connectivity index (χ4v) is 5.56. The molecule has 0 saturated carbocycles. The number of anilines is 2. The SMILES string of the molecule is Cc1cccc(NC(=O)NC2(C)N=C(c3ccccc3F)c3ccccc3N(C(=O)N3CCSCC3)C2=O)c1. The number of amides is 5. The van der Waals surface area contributed by atoms with Crippen LogP contribution in [0.5, 0.6) is 0 Å². The number of urea groups is 2. The van der Waals surface area contributed by atoms with Gasteiger partial charge in [0.25, 0.3) is 5.91 Å². The number of benzene rings is 3. The Hall–Kier alpha value is -4.18. The zero-order valence-corrected chi connectivity index (χ0v) is 22.4. The molecule has 0 spiro atoms. The molecule has 2 N–H and O–H groups in total. The summed E-state index contributed by atoms with van der Waals surface area (Å²) >= 11 is 1.74. The van der Waals surface area contributed by atoms with Crippen molar-refractivity contribution >= 4 is 46.8 Å². The number of para-hydroxylation sites is 1. The van der Waals surface area contributed by atoms with E-state index in [0.717, 1.165) is 22.0 Å². The molecule has 10 heteroatoms. The molecule has 0 aromatic heterocycles. The number of aryl methyl sites for hydroxylation is 1. The maximum atomic E-state index is 15.1. The lowest BCUT2D eigenvalue weighted by Gasteiger charge is -2.35. The minimum atomic E-state index is -1.94. The summed E-state index contributed by atoms with van der Waals surface area (Å²) in [4.78, 5) is 48.6. The fourth-order valence-electron chi connectivity index (χ4n) is 4.66. The van der Waals surface area contributed by atoms with Gasteiger partial charge in [-0.25, -0.2) is 23.9 Å². The second-order valence-electron chi connectivity index (χ2n) is 9.50. The van der Waals surface area contributed by atoms with E-state index in [1.54, 1.807) is 77.3 Å². The first-order valence-electron chi connectivity index (χ1n) is 12.6. The molecule has 0 bridgehead atoms. The summed E-state index contributed by atoms with van der Waals surface area (Å²) < 4.78 is 15.1. The van der Waals surface area contributed by atoms with Crippen molar-refractivity contribution in [3.05, 3.63) is 95.3 Å². The van der Waals surface area contributed by atoms with Crippen LogP contribution in [0.15, 0.2) is 77.8 Å². The molecule has 5 rings (SSSR count). The standard InChI is InChI=1S/C29H28FN5O3S/c1-19-8-7-9-20(18-19)31-27(37)33-29(2)26(36)35(28(38)34-14-16-39-17-15-34)24-13-6-4-11-22(24)25(32-29)21-10-3-5-12-23(21)30/h3-13,18H,14-17H2,1-2H3,(H2,31,33,37). The number of carbonyl (C=O) groups is 3. The van der Waals surface area contributed by atoms with Crippen molar-refractivity contribution in [3.63, 3.8) is 0 Å². The summed E-state index contributed by atoms with van der Waals surface area (Å²) in [6.07, 6.45) is 0. The number of benzodiazepines with no additional fused rings is 1. The third-order valence-electron chi connectivity index (χ3n) is 6.59. The maximum absolute atomic E-state index is 15.1. The fraction of sp³-hybridized carbons (Fsp3) is 0.241. The zero-order valence-electron chi connectivity index (χ0n) is 21.6. The second-order valence-corrected chi connectivity index (χ2v) is 10.7. The van der Waals surface area contributed by atoms with Crippen LogP contribution in [0.25, 0.3) is 0 Å². The van der Waals surface area contributed by atoms with Crippen LogP contribution in [0, 0.1) is 12.7 Å². The summed E-state index contributed by atoms with van der Waals surface area (Å²) in [5, 5.41) is 5.40. The number of imide groups is 1. The van der Waals surface area contributed by atoms with Crippen LogP contribution in [0.3, 0.4) is 0 Å². The second kappa shape index (κ2) is 10.9. The van der Waals surface area contributed by atoms with Gasteiger partial charge in [-0.1, -0.05) is 42.5 Å². The van der Waals surface area contributed by atoms with Crippen molar-refractivity contribution in [1.29, 1.82) is 0 Å². The molecule has 2 aliphatic rings. The summed E-state index contributed by atoms with van der Waals surface area (Å²) in [7, 11) is 0. The first kappa shape index (κ1) is 26.4. The van der Waals surface area contributed by atoms with Crippen molar-refractivity contribution in [2.45, 2.75) is 19.5 Å². The van der Waals surface area contributed by atoms with Crippen LogP contribution < -0.4 is 15.5 Å². The lowest BCUT2D eigenvalue weighted by molar-refractivity contribution is -0.123. The highest BCUT2D eigenvalue weighted by atomic mass is 32.2. The Kier molecular flexibility index (Phi) is 7.38. The van der Waals surface area contributed by atoms with E-state index >= 15 is 4.39 Å². The summed E-state index contributed by atoms with van der Waals surface area (Å²) in [5.41, 5.74) is 0.505. The summed E-state index contributed by atoms with van der Waals surface area (Å²) in [5.74, 6) is 0.212. The number of hydrogen-bond donors (Lipinski definition) is 2. The third kappa shape index (κ3) is 5.37. The molecule has 1 unspecified atom stereocenters. The molecule has 1 saturated heterocycles. The van der Waals surface area contributed by atoms with Gasteiger partial charge in [0.2, 0.25) is 5.66 Å². The summed E-state index contributed by atoms with van der Waals surface area (Å²) in [6.45, 7) is 4.27. The van der Waals surface area contributed by atoms with E-state index in [4.69, 9.17) is 0 Å². The molecular weight excluding hydrogens is 517 g/mol. The highest BCUT2D eigenvalue weighted by molar-refractivity contribution is 7.99. The molecule has 0 aliphatic carbocycles. The Balaban J connectivity index is 1.62. The molecule has 3 aromatic rings. The van der Waals surface area contributed by atoms with Gasteiger partial charge in [-0.2, -0.15) is 11.8 Å². The van der Waals surface area contributed by atoms with Gasteiger partial charge in [0.05, 0.1) is 11.4 Å². The number of nitrogens with one attached hydrogen (secondary N) is 2. The van der Waals surface area contributed by atoms with Gasteiger partial charge < -0.3 is 15.5 Å². The topological polar surface area (TPSA) is 94.1 Å². The van der Waals surface area contributed by atoms with Crippen molar-refractivity contribution < 1.29 is 18.8 Å². The number of aliphatic imine (C=N–C) groups is 1. The van der Waals surface area contributed by atoms with Gasteiger partial charge in [-0.15, -0.1) is 0 Å². The Morgan fingerprint density at radius 3 is 2.38 bits per heavy atom. The number of nitrogens with zero attached hydrogens (tertiary/aromatic N) is 3. The van der Waals surface area contributed by atoms with Crippen LogP contribution in [0.2, 0.25) is 0 Å². The molecule has 1 fully saturated rings. The molecule has 200 valence electrons. The minimum Gasteiger partial charge on any atom is -0.322 e. The number of rotatable bonds is 3. The number of thioether (sulfide) groups is 1. The lowest BCUT2D eigenvalue weighted by atomic mass is 9.99. The van der Waals surface area contributed by atoms with E-state index in [-0.39, 0.29) is 17.0 Å². The van der Waals surface area contributed by atoms with Crippen LogP contribution in [0.1, 0.15) is 23.6 Å². The Bertz CT molecular complexity index is 1470. The maximum Gasteiger partial charge on any atom is 0.331 e. The predicted octanol–water partition coefficient (Wildman–Crippen LogP) is 5.02. The molecule has 8 nitrogen and oxygen atoms in total. The number of halogens is 1. The van der Waals surface area contributed by atoms with Crippen molar-refractivity contribution in [1.82, 2.24) is 10.2 Å². The van der Waals surface area contributed by atoms with E-state index in [1.165, 1.54) is 13.0 Å². The van der Waals surface area contributed by atoms with Crippen molar-refractivity contribution in [2.75, 3.05) is 34.8 Å². The smallest absolute Gasteiger partial charge is 0.322 e. The Labute approximate surface area is 230 Å². The average Bonchev–Trinajstić information content (AvgIpc) is 3.01. The highest BCUT2D eigenvalue weighted by Crippen LogP contribution is 2.33. The largest absolute Gasteiger partial charge is 0.331 e. The lowest BCUT2D eigenvalue weighted by Crippen LogP contribution is -2.61. The molecule has 2 aliphatic heterocycles. The van der Waals surface area contributed by atoms with Crippen LogP contribution in [0.4, 0.5) is 25.4 Å². The summed E-state index contributed by atoms with van der Waals surface area (Å²) in [6, 6.07) is 18.8. The van der Waals surface area contributed by atoms with Crippen molar-refractivity contribution in [2.24, 2.45) is 4.99 Å². The zero-order chi connectivity index (χ0) is 27.6. The van der Waals surface area contributed by atoms with E-state index in [9.17, 15) is 14.4 Å². The highest BCUT2D eigenvalue weighted by Gasteiger charge is 2.46. The average molecular weight is 546 g/mol. The van der Waals surface area contributed by atoms with Gasteiger partial charge in [-0.05, 0) is 49.7 Å². The quantitative estimate of drug-likeness (QED) is 0.483. The van der Waals surface area contributed by atoms with Crippen molar-refractivity contribution in [3.8, 4) is 0 Å². The first-order valence-corrected chi connectivity index (χ1v) is 13.7. The van der Waals surface area contributed by atoms with E-state index < -0.39 is 29.4 Å². The third-order valence-corrected chi connectivity index (χ3v) is 7.53. The number of fused-ring (bicyclic) bond motifs is 1. The van der Waals surface area contributed by atoms with Gasteiger partial charge in [0, 0.05) is 41.4 Å². The Morgan fingerprint density at radius 2 is 1.67 bits per heavy atom. The minimum absolute atomic E-state index is 0.147. The number of carbonyl (C=O) groups excluding carboxylic acids is 3. The van der Waals surface area contributed by atoms with E-state index in [1.807, 2.05) is 13.0 Å². The van der Waals surface area contributed by atoms with Gasteiger partial charge >= 0.3 is 12.1 Å². The normalized spacial score (nSPS) is 19.1. The molecule has 1 atom stereocenters. The molecule has 2 heterocycles. The predicted molar refractivity (Wildman–Crippen MR) is 152 cm³/mol. The Morgan fingerprint density at radius 1 is 0.974 bits per heavy atom. The molecule has 5 amide bonds. The van der Waals surface area contributed by atoms with Crippen LogP contribution in [-0.2, 0) is 4.79 Å². The number of hydrogen-bond acceptors (Lipinski definition) is 5. The monoisotopic (exact) mass is 545 g/mol. The van der Waals surface area contributed by atoms with E-state index in [2.05, 4.69) is 15.6 Å². The van der Waals surface area contributed by atoms with Gasteiger partial charge in [0.15, 0.2) is 0 Å². The molecule has 3 aromatic carbocycles. The molecular formula is C29H28FN5O3S. The first-order chi connectivity index (χ1) is 18.8. The van der Waals surface area contributed by atoms with Gasteiger partial charge in [-0.3, -0.25) is 4.79 Å². The van der Waals surface area contributed by atoms with Crippen LogP contribution in [-0.4, -0.2) is 58.8 Å². The van der Waals surface area contributed by atoms with Gasteiger partial charge in [0.1, 0.15) is 5.82 Å². The van der Waals surface area contributed by atoms with Crippen LogP contribution >= 0.6 is 11.8 Å². The molecule has 0 radical (unpaired) electrons. The molecule has 39 heavy (non-hydrogen) atoms.